The van der Waals surface area contributed by atoms with Gasteiger partial charge in [-0.3, -0.25) is 9.69 Å². The number of carbonyl (C=O) groups excluding carboxylic acids is 1. The predicted octanol–water partition coefficient (Wildman–Crippen LogP) is 2.25. The molecular formula is C19H24FN5O. The van der Waals surface area contributed by atoms with E-state index in [9.17, 15) is 9.18 Å². The van der Waals surface area contributed by atoms with Crippen LogP contribution in [-0.4, -0.2) is 54.5 Å². The molecule has 3 rings (SSSR count). The van der Waals surface area contributed by atoms with Gasteiger partial charge in [0, 0.05) is 33.0 Å². The molecule has 0 aliphatic carbocycles. The van der Waals surface area contributed by atoms with Gasteiger partial charge in [0.1, 0.15) is 5.82 Å². The van der Waals surface area contributed by atoms with Crippen molar-refractivity contribution >= 4 is 11.9 Å². The van der Waals surface area contributed by atoms with Crippen LogP contribution in [0.3, 0.4) is 0 Å². The van der Waals surface area contributed by atoms with Crippen LogP contribution in [0.1, 0.15) is 34.8 Å². The molecule has 1 amide bonds. The summed E-state index contributed by atoms with van der Waals surface area (Å²) in [6.45, 7) is 2.43. The molecule has 1 saturated heterocycles. The molecule has 0 radical (unpaired) electrons. The minimum atomic E-state index is -0.254. The zero-order valence-corrected chi connectivity index (χ0v) is 15.2. The fraction of sp³-hybridized carbons (Fsp3) is 0.421. The van der Waals surface area contributed by atoms with Crippen LogP contribution in [0.15, 0.2) is 36.7 Å². The fourth-order valence-corrected chi connectivity index (χ4v) is 3.16. The number of amides is 1. The highest BCUT2D eigenvalue weighted by molar-refractivity contribution is 5.93. The Kier molecular flexibility index (Phi) is 5.78. The summed E-state index contributed by atoms with van der Waals surface area (Å²) in [5, 5.41) is 2.97. The Balaban J connectivity index is 1.68. The highest BCUT2D eigenvalue weighted by atomic mass is 19.1. The van der Waals surface area contributed by atoms with Crippen molar-refractivity contribution in [3.63, 3.8) is 0 Å². The van der Waals surface area contributed by atoms with Crippen molar-refractivity contribution < 1.29 is 9.18 Å². The van der Waals surface area contributed by atoms with Crippen molar-refractivity contribution in [1.29, 1.82) is 0 Å². The van der Waals surface area contributed by atoms with E-state index in [1.807, 2.05) is 14.1 Å². The molecule has 7 heteroatoms. The summed E-state index contributed by atoms with van der Waals surface area (Å²) in [7, 11) is 3.69. The predicted molar refractivity (Wildman–Crippen MR) is 98.6 cm³/mol. The third kappa shape index (κ3) is 4.35. The lowest BCUT2D eigenvalue weighted by Crippen LogP contribution is -2.37. The summed E-state index contributed by atoms with van der Waals surface area (Å²) in [6.07, 6.45) is 5.35. The van der Waals surface area contributed by atoms with Gasteiger partial charge in [-0.1, -0.05) is 12.1 Å². The number of hydrogen-bond donors (Lipinski definition) is 1. The number of nitrogens with zero attached hydrogens (tertiary/aromatic N) is 4. The summed E-state index contributed by atoms with van der Waals surface area (Å²) >= 11 is 0. The molecule has 1 aromatic heterocycles. The maximum atomic E-state index is 13.3. The highest BCUT2D eigenvalue weighted by Gasteiger charge is 2.24. The van der Waals surface area contributed by atoms with Crippen LogP contribution < -0.4 is 10.2 Å². The van der Waals surface area contributed by atoms with Gasteiger partial charge in [0.05, 0.1) is 11.6 Å². The quantitative estimate of drug-likeness (QED) is 0.859. The van der Waals surface area contributed by atoms with E-state index in [2.05, 4.69) is 20.2 Å². The van der Waals surface area contributed by atoms with E-state index >= 15 is 0 Å². The largest absolute Gasteiger partial charge is 0.350 e. The lowest BCUT2D eigenvalue weighted by atomic mass is 10.1. The SMILES string of the molecule is CN(C)c1ncc(C(=O)NC[C@@H](c2ccc(F)cc2)N2CCCC2)cn1. The van der Waals surface area contributed by atoms with Gasteiger partial charge >= 0.3 is 0 Å². The van der Waals surface area contributed by atoms with E-state index in [1.165, 1.54) is 24.5 Å². The monoisotopic (exact) mass is 357 g/mol. The molecule has 6 nitrogen and oxygen atoms in total. The molecule has 1 fully saturated rings. The van der Waals surface area contributed by atoms with E-state index in [4.69, 9.17) is 0 Å². The van der Waals surface area contributed by atoms with Crippen LogP contribution in [0.4, 0.5) is 10.3 Å². The Bertz CT molecular complexity index is 727. The zero-order chi connectivity index (χ0) is 18.5. The lowest BCUT2D eigenvalue weighted by Gasteiger charge is -2.28. The Labute approximate surface area is 153 Å². The smallest absolute Gasteiger partial charge is 0.254 e. The third-order valence-electron chi connectivity index (χ3n) is 4.59. The molecule has 2 heterocycles. The van der Waals surface area contributed by atoms with Gasteiger partial charge < -0.3 is 10.2 Å². The van der Waals surface area contributed by atoms with Gasteiger partial charge in [-0.15, -0.1) is 0 Å². The van der Waals surface area contributed by atoms with Crippen molar-refractivity contribution in [2.45, 2.75) is 18.9 Å². The highest BCUT2D eigenvalue weighted by Crippen LogP contribution is 2.25. The molecule has 1 aromatic carbocycles. The average molecular weight is 357 g/mol. The van der Waals surface area contributed by atoms with Crippen LogP contribution in [0.5, 0.6) is 0 Å². The fourth-order valence-electron chi connectivity index (χ4n) is 3.16. The summed E-state index contributed by atoms with van der Waals surface area (Å²) < 4.78 is 13.3. The maximum Gasteiger partial charge on any atom is 0.254 e. The van der Waals surface area contributed by atoms with Crippen molar-refractivity contribution in [1.82, 2.24) is 20.2 Å². The van der Waals surface area contributed by atoms with Gasteiger partial charge in [0.25, 0.3) is 5.91 Å². The molecule has 1 atom stereocenters. The zero-order valence-electron chi connectivity index (χ0n) is 15.2. The molecule has 1 N–H and O–H groups in total. The van der Waals surface area contributed by atoms with E-state index in [-0.39, 0.29) is 17.8 Å². The van der Waals surface area contributed by atoms with Crippen molar-refractivity contribution in [3.05, 3.63) is 53.6 Å². The van der Waals surface area contributed by atoms with E-state index in [0.29, 0.717) is 18.1 Å². The number of benzene rings is 1. The summed E-state index contributed by atoms with van der Waals surface area (Å²) in [5.74, 6) is 0.0977. The number of carbonyl (C=O) groups is 1. The van der Waals surface area contributed by atoms with Crippen LogP contribution >= 0.6 is 0 Å². The number of likely N-dealkylation sites (tertiary alicyclic amines) is 1. The standard InChI is InChI=1S/C19H24FN5O/c1-24(2)19-22-11-15(12-23-19)18(26)21-13-17(25-9-3-4-10-25)14-5-7-16(20)8-6-14/h5-8,11-12,17H,3-4,9-10,13H2,1-2H3,(H,21,26)/t17-/m0/s1. The van der Waals surface area contributed by atoms with Crippen LogP contribution in [0.25, 0.3) is 0 Å². The molecule has 26 heavy (non-hydrogen) atoms. The van der Waals surface area contributed by atoms with Crippen molar-refractivity contribution in [2.24, 2.45) is 0 Å². The first-order chi connectivity index (χ1) is 12.5. The van der Waals surface area contributed by atoms with Crippen LogP contribution in [0.2, 0.25) is 0 Å². The van der Waals surface area contributed by atoms with Gasteiger partial charge in [-0.25, -0.2) is 14.4 Å². The minimum absolute atomic E-state index is 0.0315. The Morgan fingerprint density at radius 3 is 2.38 bits per heavy atom. The third-order valence-corrected chi connectivity index (χ3v) is 4.59. The van der Waals surface area contributed by atoms with Crippen LogP contribution in [-0.2, 0) is 0 Å². The summed E-state index contributed by atoms with van der Waals surface area (Å²) in [4.78, 5) is 24.9. The average Bonchev–Trinajstić information content (AvgIpc) is 3.17. The second-order valence-corrected chi connectivity index (χ2v) is 6.69. The van der Waals surface area contributed by atoms with Gasteiger partial charge in [-0.2, -0.15) is 0 Å². The number of aromatic nitrogens is 2. The van der Waals surface area contributed by atoms with Gasteiger partial charge in [-0.05, 0) is 43.6 Å². The van der Waals surface area contributed by atoms with Gasteiger partial charge in [0.15, 0.2) is 0 Å². The molecular weight excluding hydrogens is 333 g/mol. The van der Waals surface area contributed by atoms with Crippen molar-refractivity contribution in [3.8, 4) is 0 Å². The Hall–Kier alpha value is -2.54. The minimum Gasteiger partial charge on any atom is -0.350 e. The Morgan fingerprint density at radius 1 is 1.19 bits per heavy atom. The molecule has 2 aromatic rings. The first-order valence-corrected chi connectivity index (χ1v) is 8.81. The first kappa shape index (κ1) is 18.3. The number of rotatable bonds is 6. The lowest BCUT2D eigenvalue weighted by molar-refractivity contribution is 0.0937. The molecule has 0 spiro atoms. The topological polar surface area (TPSA) is 61.4 Å². The number of hydrogen-bond acceptors (Lipinski definition) is 5. The second kappa shape index (κ2) is 8.23. The normalized spacial score (nSPS) is 15.7. The number of nitrogens with one attached hydrogen (secondary N) is 1. The second-order valence-electron chi connectivity index (χ2n) is 6.69. The maximum absolute atomic E-state index is 13.3. The molecule has 0 unspecified atom stereocenters. The molecule has 1 aliphatic rings. The van der Waals surface area contributed by atoms with Crippen LogP contribution in [0, 0.1) is 5.82 Å². The van der Waals surface area contributed by atoms with E-state index in [0.717, 1.165) is 31.5 Å². The van der Waals surface area contributed by atoms with Crippen molar-refractivity contribution in [2.75, 3.05) is 38.6 Å². The Morgan fingerprint density at radius 2 is 1.81 bits per heavy atom. The summed E-state index contributed by atoms with van der Waals surface area (Å²) in [6, 6.07) is 6.55. The number of halogens is 1. The summed E-state index contributed by atoms with van der Waals surface area (Å²) in [5.41, 5.74) is 1.43. The number of anilines is 1. The first-order valence-electron chi connectivity index (χ1n) is 8.81. The molecule has 138 valence electrons. The van der Waals surface area contributed by atoms with E-state index in [1.54, 1.807) is 17.0 Å². The van der Waals surface area contributed by atoms with Gasteiger partial charge in [0.2, 0.25) is 5.95 Å². The molecule has 0 saturated carbocycles. The molecule has 1 aliphatic heterocycles. The van der Waals surface area contributed by atoms with E-state index < -0.39 is 0 Å². The molecule has 0 bridgehead atoms.